The average molecular weight is 477 g/mol. The highest BCUT2D eigenvalue weighted by Crippen LogP contribution is 2.19. The zero-order chi connectivity index (χ0) is 22.6. The van der Waals surface area contributed by atoms with E-state index in [1.165, 1.54) is 24.3 Å². The minimum absolute atomic E-state index is 0.000561. The molecule has 3 aromatic carbocycles. The molecule has 8 nitrogen and oxygen atoms in total. The van der Waals surface area contributed by atoms with Gasteiger partial charge in [-0.1, -0.05) is 17.7 Å². The Labute approximate surface area is 186 Å². The van der Waals surface area contributed by atoms with Gasteiger partial charge in [0, 0.05) is 17.1 Å². The van der Waals surface area contributed by atoms with Crippen molar-refractivity contribution in [2.45, 2.75) is 16.7 Å². The maximum atomic E-state index is 12.5. The monoisotopic (exact) mass is 476 g/mol. The molecule has 11 heteroatoms. The Balaban J connectivity index is 1.61. The molecule has 0 radical (unpaired) electrons. The maximum absolute atomic E-state index is 12.5. The van der Waals surface area contributed by atoms with Crippen LogP contribution < -0.4 is 20.5 Å². The van der Waals surface area contributed by atoms with Crippen LogP contribution in [0.2, 0.25) is 0 Å². The van der Waals surface area contributed by atoms with Crippen molar-refractivity contribution in [3.8, 4) is 0 Å². The SMILES string of the molecule is Cc1ccc(S(=O)(=O)Nc2ccc(NC(=S)Nc3ccc(S(N)(=O)=O)cc3)cc2)cc1. The molecule has 0 unspecified atom stereocenters. The lowest BCUT2D eigenvalue weighted by Crippen LogP contribution is -2.19. The van der Waals surface area contributed by atoms with Crippen LogP contribution in [0.1, 0.15) is 5.56 Å². The van der Waals surface area contributed by atoms with E-state index in [4.69, 9.17) is 17.4 Å². The molecule has 0 bridgehead atoms. The van der Waals surface area contributed by atoms with E-state index < -0.39 is 20.0 Å². The zero-order valence-electron chi connectivity index (χ0n) is 16.4. The molecule has 0 atom stereocenters. The number of benzene rings is 3. The third-order valence-corrected chi connectivity index (χ3v) is 6.70. The third-order valence-electron chi connectivity index (χ3n) is 4.17. The summed E-state index contributed by atoms with van der Waals surface area (Å²) < 4.78 is 50.0. The minimum atomic E-state index is -3.76. The fraction of sp³-hybridized carbons (Fsp3) is 0.0500. The predicted octanol–water partition coefficient (Wildman–Crippen LogP) is 3.25. The molecule has 0 saturated heterocycles. The quantitative estimate of drug-likeness (QED) is 0.402. The molecule has 162 valence electrons. The van der Waals surface area contributed by atoms with E-state index in [-0.39, 0.29) is 14.9 Å². The number of hydrogen-bond acceptors (Lipinski definition) is 5. The summed E-state index contributed by atoms with van der Waals surface area (Å²) in [6, 6.07) is 18.9. The average Bonchev–Trinajstić information content (AvgIpc) is 2.69. The highest BCUT2D eigenvalue weighted by atomic mass is 32.2. The molecule has 0 aromatic heterocycles. The first-order valence-electron chi connectivity index (χ1n) is 8.93. The lowest BCUT2D eigenvalue weighted by Gasteiger charge is -2.12. The summed E-state index contributed by atoms with van der Waals surface area (Å²) in [5.74, 6) is 0. The van der Waals surface area contributed by atoms with Crippen LogP contribution in [0, 0.1) is 6.92 Å². The molecule has 0 aliphatic rings. The number of primary sulfonamides is 1. The largest absolute Gasteiger partial charge is 0.332 e. The fourth-order valence-electron chi connectivity index (χ4n) is 2.57. The van der Waals surface area contributed by atoms with Crippen LogP contribution in [-0.2, 0) is 20.0 Å². The first-order chi connectivity index (χ1) is 14.5. The van der Waals surface area contributed by atoms with Crippen LogP contribution in [0.5, 0.6) is 0 Å². The summed E-state index contributed by atoms with van der Waals surface area (Å²) in [6.45, 7) is 1.88. The zero-order valence-corrected chi connectivity index (χ0v) is 18.8. The van der Waals surface area contributed by atoms with E-state index in [0.29, 0.717) is 17.1 Å². The Kier molecular flexibility index (Phi) is 6.60. The second-order valence-corrected chi connectivity index (χ2v) is 10.3. The first-order valence-corrected chi connectivity index (χ1v) is 12.4. The van der Waals surface area contributed by atoms with Gasteiger partial charge in [0.15, 0.2) is 5.11 Å². The number of rotatable bonds is 6. The first kappa shape index (κ1) is 22.7. The van der Waals surface area contributed by atoms with Crippen LogP contribution in [0.15, 0.2) is 82.6 Å². The van der Waals surface area contributed by atoms with Crippen molar-refractivity contribution in [3.05, 3.63) is 78.4 Å². The van der Waals surface area contributed by atoms with Crippen molar-refractivity contribution in [1.82, 2.24) is 0 Å². The second-order valence-electron chi connectivity index (χ2n) is 6.64. The molecular weight excluding hydrogens is 456 g/mol. The highest BCUT2D eigenvalue weighted by molar-refractivity contribution is 7.92. The summed E-state index contributed by atoms with van der Waals surface area (Å²) in [5.41, 5.74) is 2.59. The predicted molar refractivity (Wildman–Crippen MR) is 126 cm³/mol. The van der Waals surface area contributed by atoms with Gasteiger partial charge in [-0.15, -0.1) is 0 Å². The van der Waals surface area contributed by atoms with Gasteiger partial charge in [0.2, 0.25) is 10.0 Å². The number of nitrogens with two attached hydrogens (primary N) is 1. The molecule has 5 N–H and O–H groups in total. The van der Waals surface area contributed by atoms with Crippen LogP contribution in [-0.4, -0.2) is 21.9 Å². The molecule has 0 aliphatic heterocycles. The van der Waals surface area contributed by atoms with Gasteiger partial charge in [0.1, 0.15) is 0 Å². The number of anilines is 3. The Morgan fingerprint density at radius 2 is 1.13 bits per heavy atom. The summed E-state index contributed by atoms with van der Waals surface area (Å²) in [4.78, 5) is 0.180. The van der Waals surface area contributed by atoms with E-state index in [1.807, 2.05) is 6.92 Å². The van der Waals surface area contributed by atoms with E-state index in [1.54, 1.807) is 48.5 Å². The molecule has 31 heavy (non-hydrogen) atoms. The summed E-state index contributed by atoms with van der Waals surface area (Å²) in [6.07, 6.45) is 0. The van der Waals surface area contributed by atoms with Gasteiger partial charge in [-0.05, 0) is 79.8 Å². The fourth-order valence-corrected chi connectivity index (χ4v) is 4.38. The lowest BCUT2D eigenvalue weighted by molar-refractivity contribution is 0.597. The lowest BCUT2D eigenvalue weighted by atomic mass is 10.2. The summed E-state index contributed by atoms with van der Waals surface area (Å²) in [7, 11) is -7.44. The van der Waals surface area contributed by atoms with E-state index in [0.717, 1.165) is 5.56 Å². The van der Waals surface area contributed by atoms with E-state index in [2.05, 4.69) is 15.4 Å². The Morgan fingerprint density at radius 3 is 1.61 bits per heavy atom. The molecule has 0 aliphatic carbocycles. The molecule has 0 amide bonds. The van der Waals surface area contributed by atoms with Crippen molar-refractivity contribution in [1.29, 1.82) is 0 Å². The summed E-state index contributed by atoms with van der Waals surface area (Å²) in [5, 5.41) is 11.2. The van der Waals surface area contributed by atoms with E-state index in [9.17, 15) is 16.8 Å². The van der Waals surface area contributed by atoms with Crippen molar-refractivity contribution in [3.63, 3.8) is 0 Å². The van der Waals surface area contributed by atoms with Crippen molar-refractivity contribution < 1.29 is 16.8 Å². The number of thiocarbonyl (C=S) groups is 1. The van der Waals surface area contributed by atoms with Crippen LogP contribution >= 0.6 is 12.2 Å². The standard InChI is InChI=1S/C20H20N4O4S3/c1-14-2-10-19(11-3-14)31(27,28)24-17-6-4-15(5-7-17)22-20(29)23-16-8-12-18(13-9-16)30(21,25)26/h2-13,24H,1H3,(H2,21,25,26)(H2,22,23,29). The van der Waals surface area contributed by atoms with Crippen molar-refractivity contribution >= 4 is 54.4 Å². The third kappa shape index (κ3) is 6.25. The Bertz CT molecular complexity index is 1290. The molecule has 3 aromatic rings. The minimum Gasteiger partial charge on any atom is -0.332 e. The van der Waals surface area contributed by atoms with Crippen LogP contribution in [0.4, 0.5) is 17.1 Å². The van der Waals surface area contributed by atoms with Gasteiger partial charge in [-0.3, -0.25) is 4.72 Å². The smallest absolute Gasteiger partial charge is 0.261 e. The van der Waals surface area contributed by atoms with Gasteiger partial charge in [0.25, 0.3) is 10.0 Å². The molecule has 0 heterocycles. The molecule has 0 spiro atoms. The Hall–Kier alpha value is -2.99. The van der Waals surface area contributed by atoms with Gasteiger partial charge in [0.05, 0.1) is 9.79 Å². The van der Waals surface area contributed by atoms with Gasteiger partial charge < -0.3 is 10.6 Å². The maximum Gasteiger partial charge on any atom is 0.261 e. The molecule has 0 saturated carbocycles. The van der Waals surface area contributed by atoms with Gasteiger partial charge in [-0.2, -0.15) is 0 Å². The molecule has 0 fully saturated rings. The molecular formula is C20H20N4O4S3. The number of aryl methyl sites for hydroxylation is 1. The van der Waals surface area contributed by atoms with E-state index >= 15 is 0 Å². The number of sulfonamides is 2. The molecule has 3 rings (SSSR count). The second kappa shape index (κ2) is 9.02. The topological polar surface area (TPSA) is 130 Å². The van der Waals surface area contributed by atoms with Gasteiger partial charge >= 0.3 is 0 Å². The number of nitrogens with one attached hydrogen (secondary N) is 3. The van der Waals surface area contributed by atoms with Crippen molar-refractivity contribution in [2.24, 2.45) is 5.14 Å². The number of hydrogen-bond donors (Lipinski definition) is 4. The van der Waals surface area contributed by atoms with Crippen LogP contribution in [0.25, 0.3) is 0 Å². The van der Waals surface area contributed by atoms with Crippen LogP contribution in [0.3, 0.4) is 0 Å². The van der Waals surface area contributed by atoms with Gasteiger partial charge in [-0.25, -0.2) is 22.0 Å². The van der Waals surface area contributed by atoms with Crippen molar-refractivity contribution in [2.75, 3.05) is 15.4 Å². The Morgan fingerprint density at radius 1 is 0.710 bits per heavy atom. The highest BCUT2D eigenvalue weighted by Gasteiger charge is 2.13. The summed E-state index contributed by atoms with van der Waals surface area (Å²) >= 11 is 5.24. The normalized spacial score (nSPS) is 11.5.